The van der Waals surface area contributed by atoms with Crippen LogP contribution in [0.5, 0.6) is 0 Å². The number of fused-ring (bicyclic) bond motifs is 2. The standard InChI is InChI=1S/C21H12N3O2SSe2/c25-19-13(20(26)23-21(28)22-19)11-12-9-10-18(29-12)24-14-5-1-3-7-16(14)27-17-8-4-2-6-15(17)24/h1-11H,(H,22,23,25,26). The number of amides is 2. The normalized spacial score (nSPS) is 16.9. The van der Waals surface area contributed by atoms with Gasteiger partial charge in [-0.15, -0.1) is 0 Å². The second-order valence-electron chi connectivity index (χ2n) is 6.28. The first-order valence-corrected chi connectivity index (χ1v) is 12.1. The Kier molecular flexibility index (Phi) is 4.82. The fourth-order valence-electron chi connectivity index (χ4n) is 3.19. The number of rotatable bonds is 2. The second kappa shape index (κ2) is 7.48. The van der Waals surface area contributed by atoms with Gasteiger partial charge in [0.05, 0.1) is 0 Å². The molecule has 0 fully saturated rings. The minimum absolute atomic E-state index is 0.0574. The van der Waals surface area contributed by atoms with Crippen molar-refractivity contribution in [3.8, 4) is 0 Å². The summed E-state index contributed by atoms with van der Waals surface area (Å²) in [5.74, 6) is -0.938. The van der Waals surface area contributed by atoms with E-state index in [-0.39, 0.29) is 24.8 Å². The summed E-state index contributed by atoms with van der Waals surface area (Å²) in [5.41, 5.74) is 2.37. The number of carbonyl (C=O) groups excluding carboxylic acids is 2. The van der Waals surface area contributed by atoms with Crippen molar-refractivity contribution in [3.05, 3.63) is 70.7 Å². The molecule has 1 aromatic heterocycles. The Bertz CT molecular complexity index is 1190. The van der Waals surface area contributed by atoms with Crippen molar-refractivity contribution < 1.29 is 9.59 Å². The van der Waals surface area contributed by atoms with E-state index in [0.717, 1.165) is 20.4 Å². The number of hydrogen-bond acceptors (Lipinski definition) is 4. The maximum atomic E-state index is 12.2. The van der Waals surface area contributed by atoms with Crippen LogP contribution in [-0.2, 0) is 9.59 Å². The number of benzene rings is 2. The first-order valence-electron chi connectivity index (χ1n) is 8.69. The average molecular weight is 528 g/mol. The van der Waals surface area contributed by atoms with Crippen LogP contribution in [0.1, 0.15) is 4.44 Å². The number of para-hydroxylation sites is 2. The first-order chi connectivity index (χ1) is 14.1. The van der Waals surface area contributed by atoms with Crippen molar-refractivity contribution >= 4 is 80.8 Å². The zero-order chi connectivity index (χ0) is 20.0. The number of aliphatic imine (C=N–C) groups is 1. The third-order valence-corrected chi connectivity index (χ3v) is 8.12. The minimum atomic E-state index is -0.516. The van der Waals surface area contributed by atoms with Gasteiger partial charge in [0, 0.05) is 0 Å². The summed E-state index contributed by atoms with van der Waals surface area (Å²) >= 11 is 4.27. The predicted octanol–water partition coefficient (Wildman–Crippen LogP) is 3.24. The topological polar surface area (TPSA) is 61.8 Å². The van der Waals surface area contributed by atoms with Crippen LogP contribution in [0.4, 0.5) is 15.9 Å². The second-order valence-corrected chi connectivity index (χ2v) is 10.5. The van der Waals surface area contributed by atoms with Crippen molar-refractivity contribution in [1.82, 2.24) is 5.32 Å². The fourth-order valence-corrected chi connectivity index (χ4v) is 6.67. The van der Waals surface area contributed by atoms with Gasteiger partial charge in [0.15, 0.2) is 0 Å². The van der Waals surface area contributed by atoms with Crippen LogP contribution in [0.25, 0.3) is 6.08 Å². The molecule has 1 radical (unpaired) electrons. The number of hydrogen-bond donors (Lipinski definition) is 1. The van der Waals surface area contributed by atoms with E-state index in [0.29, 0.717) is 0 Å². The molecule has 0 aliphatic carbocycles. The molecule has 2 aliphatic rings. The Morgan fingerprint density at radius 1 is 0.966 bits per heavy atom. The molecular formula is C21H12N3O2SSe2. The van der Waals surface area contributed by atoms with Gasteiger partial charge in [-0.25, -0.2) is 0 Å². The third kappa shape index (κ3) is 3.44. The molecular weight excluding hydrogens is 516 g/mol. The molecule has 2 amide bonds. The van der Waals surface area contributed by atoms with E-state index in [1.807, 2.05) is 30.3 Å². The van der Waals surface area contributed by atoms with Gasteiger partial charge in [-0.2, -0.15) is 0 Å². The molecule has 3 aromatic rings. The summed E-state index contributed by atoms with van der Waals surface area (Å²) in [7, 11) is 0. The number of anilines is 3. The Hall–Kier alpha value is -2.34. The van der Waals surface area contributed by atoms with E-state index >= 15 is 0 Å². The van der Waals surface area contributed by atoms with Gasteiger partial charge < -0.3 is 0 Å². The van der Waals surface area contributed by atoms with E-state index in [9.17, 15) is 9.59 Å². The van der Waals surface area contributed by atoms with Gasteiger partial charge in [-0.1, -0.05) is 0 Å². The maximum absolute atomic E-state index is 12.2. The molecule has 0 saturated heterocycles. The molecule has 0 unspecified atom stereocenters. The summed E-state index contributed by atoms with van der Waals surface area (Å²) in [4.78, 5) is 32.8. The molecule has 5 nitrogen and oxygen atoms in total. The molecule has 29 heavy (non-hydrogen) atoms. The zero-order valence-corrected chi connectivity index (χ0v) is 19.0. The van der Waals surface area contributed by atoms with Crippen molar-refractivity contribution in [2.75, 3.05) is 4.90 Å². The molecule has 1 N–H and O–H groups in total. The molecule has 141 valence electrons. The Labute approximate surface area is 185 Å². The van der Waals surface area contributed by atoms with Crippen molar-refractivity contribution in [3.63, 3.8) is 0 Å². The molecule has 2 aromatic carbocycles. The van der Waals surface area contributed by atoms with E-state index in [1.54, 1.807) is 17.8 Å². The van der Waals surface area contributed by atoms with Crippen LogP contribution in [0.3, 0.4) is 0 Å². The number of nitrogens with zero attached hydrogens (tertiary/aromatic N) is 2. The fraction of sp³-hybridized carbons (Fsp3) is 0. The van der Waals surface area contributed by atoms with Crippen molar-refractivity contribution in [1.29, 1.82) is 0 Å². The van der Waals surface area contributed by atoms with Crippen molar-refractivity contribution in [2.24, 2.45) is 4.99 Å². The van der Waals surface area contributed by atoms with Gasteiger partial charge >= 0.3 is 186 Å². The number of amidine groups is 1. The van der Waals surface area contributed by atoms with Gasteiger partial charge in [0.25, 0.3) is 0 Å². The molecule has 0 saturated carbocycles. The van der Waals surface area contributed by atoms with E-state index in [1.165, 1.54) is 9.79 Å². The van der Waals surface area contributed by atoms with Crippen LogP contribution in [-0.4, -0.2) is 47.1 Å². The van der Waals surface area contributed by atoms with Crippen molar-refractivity contribution in [2.45, 2.75) is 9.79 Å². The zero-order valence-electron chi connectivity index (χ0n) is 14.8. The summed E-state index contributed by atoms with van der Waals surface area (Å²) in [6, 6.07) is 20.7. The molecule has 3 heterocycles. The number of nitrogens with one attached hydrogen (secondary N) is 1. The average Bonchev–Trinajstić information content (AvgIpc) is 3.17. The van der Waals surface area contributed by atoms with Gasteiger partial charge in [0.2, 0.25) is 0 Å². The van der Waals surface area contributed by atoms with Gasteiger partial charge in [-0.3, -0.25) is 0 Å². The predicted molar refractivity (Wildman–Crippen MR) is 117 cm³/mol. The Morgan fingerprint density at radius 2 is 1.62 bits per heavy atom. The van der Waals surface area contributed by atoms with E-state index in [2.05, 4.69) is 61.6 Å². The van der Waals surface area contributed by atoms with Gasteiger partial charge in [-0.05, 0) is 0 Å². The Morgan fingerprint density at radius 3 is 2.28 bits per heavy atom. The number of carbonyl (C=O) groups is 2. The first kappa shape index (κ1) is 18.7. The quantitative estimate of drug-likeness (QED) is 0.247. The summed E-state index contributed by atoms with van der Waals surface area (Å²) in [6.07, 6.45) is 1.66. The summed E-state index contributed by atoms with van der Waals surface area (Å²) in [5, 5.41) is 2.55. The SMILES string of the molecule is O=C1N=C([Se])NC(=O)/C1=C\c1ccc(N2c3ccccc3Sc3ccccc32)[se]1. The summed E-state index contributed by atoms with van der Waals surface area (Å²) in [6.45, 7) is 0. The third-order valence-electron chi connectivity index (χ3n) is 4.45. The van der Waals surface area contributed by atoms with Gasteiger partial charge in [0.1, 0.15) is 0 Å². The monoisotopic (exact) mass is 530 g/mol. The van der Waals surface area contributed by atoms with Crippen LogP contribution < -0.4 is 10.2 Å². The Balaban J connectivity index is 1.58. The molecule has 0 atom stereocenters. The molecule has 5 rings (SSSR count). The van der Waals surface area contributed by atoms with Crippen LogP contribution in [0.2, 0.25) is 0 Å². The molecule has 2 aliphatic heterocycles. The van der Waals surface area contributed by atoms with E-state index < -0.39 is 11.8 Å². The van der Waals surface area contributed by atoms with Crippen LogP contribution in [0, 0.1) is 0 Å². The van der Waals surface area contributed by atoms with Crippen LogP contribution >= 0.6 is 11.8 Å². The van der Waals surface area contributed by atoms with E-state index in [4.69, 9.17) is 0 Å². The molecule has 0 spiro atoms. The molecule has 0 bridgehead atoms. The van der Waals surface area contributed by atoms with Crippen LogP contribution in [0.15, 0.2) is 81.0 Å². The summed E-state index contributed by atoms with van der Waals surface area (Å²) < 4.78 is 2.32. The molecule has 8 heteroatoms.